The van der Waals surface area contributed by atoms with E-state index in [9.17, 15) is 4.57 Å². The van der Waals surface area contributed by atoms with Crippen LogP contribution in [-0.4, -0.2) is 52.0 Å². The van der Waals surface area contributed by atoms with E-state index in [4.69, 9.17) is 13.2 Å². The Morgan fingerprint density at radius 3 is 1.94 bits per heavy atom. The van der Waals surface area contributed by atoms with Gasteiger partial charge in [0, 0.05) is 0 Å². The molecule has 0 unspecified atom stereocenters. The monoisotopic (exact) mass is 399 g/mol. The highest BCUT2D eigenvalue weighted by Crippen LogP contribution is 2.60. The van der Waals surface area contributed by atoms with Crippen LogP contribution in [0.1, 0.15) is 13.8 Å². The summed E-state index contributed by atoms with van der Waals surface area (Å²) in [6, 6.07) is 0. The number of quaternary nitrogens is 1. The second-order valence-electron chi connectivity index (χ2n) is 4.19. The lowest BCUT2D eigenvalue weighted by Crippen LogP contribution is -3.00. The summed E-state index contributed by atoms with van der Waals surface area (Å²) in [5.74, 6) is 0. The van der Waals surface area contributed by atoms with E-state index in [-0.39, 0.29) is 24.0 Å². The standard InChI is InChI=1S/C9H23NO4PS.HI/c1-6-12-15(11,13-7-2)16-14-9-8-10(3,4)5;/h6-9H2,1-5H3;1H/q+1;/p-1. The van der Waals surface area contributed by atoms with Gasteiger partial charge in [-0.25, -0.2) is 4.57 Å². The van der Waals surface area contributed by atoms with Crippen LogP contribution in [-0.2, 0) is 17.8 Å². The summed E-state index contributed by atoms with van der Waals surface area (Å²) in [5.41, 5.74) is 0. The lowest BCUT2D eigenvalue weighted by molar-refractivity contribution is -0.870. The van der Waals surface area contributed by atoms with Crippen molar-refractivity contribution in [3.63, 3.8) is 0 Å². The zero-order valence-corrected chi connectivity index (χ0v) is 15.0. The molecule has 8 heteroatoms. The van der Waals surface area contributed by atoms with Crippen LogP contribution in [0.4, 0.5) is 0 Å². The van der Waals surface area contributed by atoms with Crippen molar-refractivity contribution in [3.8, 4) is 0 Å². The third kappa shape index (κ3) is 11.9. The van der Waals surface area contributed by atoms with E-state index < -0.39 is 6.80 Å². The number of halogens is 1. The largest absolute Gasteiger partial charge is 1.00 e. The van der Waals surface area contributed by atoms with Crippen LogP contribution in [0.15, 0.2) is 0 Å². The maximum absolute atomic E-state index is 11.9. The molecular formula is C9H23INO4PS. The Labute approximate surface area is 126 Å². The minimum absolute atomic E-state index is 0. The summed E-state index contributed by atoms with van der Waals surface area (Å²) in [6.07, 6.45) is 0. The Bertz CT molecular complexity index is 228. The van der Waals surface area contributed by atoms with Gasteiger partial charge < -0.3 is 28.5 Å². The van der Waals surface area contributed by atoms with E-state index >= 15 is 0 Å². The molecule has 0 bridgehead atoms. The molecule has 0 saturated heterocycles. The van der Waals surface area contributed by atoms with Gasteiger partial charge >= 0.3 is 6.80 Å². The molecule has 0 aliphatic heterocycles. The molecule has 0 amide bonds. The number of nitrogens with zero attached hydrogens (tertiary/aromatic N) is 1. The van der Waals surface area contributed by atoms with Crippen molar-refractivity contribution >= 4 is 18.5 Å². The quantitative estimate of drug-likeness (QED) is 0.173. The molecule has 0 radical (unpaired) electrons. The van der Waals surface area contributed by atoms with E-state index in [1.165, 1.54) is 0 Å². The minimum Gasteiger partial charge on any atom is -1.00 e. The normalized spacial score (nSPS) is 12.3. The molecule has 0 aliphatic carbocycles. The molecule has 0 aromatic carbocycles. The summed E-state index contributed by atoms with van der Waals surface area (Å²) in [6.45, 7) is 2.49. The first-order valence-corrected chi connectivity index (χ1v) is 8.22. The number of hydrogen-bond donors (Lipinski definition) is 0. The van der Waals surface area contributed by atoms with Crippen LogP contribution in [0.5, 0.6) is 0 Å². The summed E-state index contributed by atoms with van der Waals surface area (Å²) in [4.78, 5) is 0. The van der Waals surface area contributed by atoms with Gasteiger partial charge in [0.05, 0.1) is 34.4 Å². The van der Waals surface area contributed by atoms with Crippen molar-refractivity contribution in [2.24, 2.45) is 0 Å². The lowest BCUT2D eigenvalue weighted by Gasteiger charge is -2.23. The van der Waals surface area contributed by atoms with Gasteiger partial charge in [-0.15, -0.1) is 0 Å². The van der Waals surface area contributed by atoms with E-state index in [0.717, 1.165) is 22.7 Å². The Morgan fingerprint density at radius 2 is 1.59 bits per heavy atom. The van der Waals surface area contributed by atoms with Gasteiger partial charge in [0.2, 0.25) is 0 Å². The van der Waals surface area contributed by atoms with Crippen molar-refractivity contribution in [2.45, 2.75) is 13.8 Å². The molecule has 106 valence electrons. The molecule has 0 spiro atoms. The van der Waals surface area contributed by atoms with Crippen molar-refractivity contribution in [2.75, 3.05) is 47.5 Å². The lowest BCUT2D eigenvalue weighted by atomic mass is 10.5. The molecule has 5 nitrogen and oxygen atoms in total. The van der Waals surface area contributed by atoms with Crippen LogP contribution < -0.4 is 24.0 Å². The molecule has 0 aliphatic rings. The van der Waals surface area contributed by atoms with Gasteiger partial charge in [-0.2, -0.15) is 0 Å². The molecule has 0 aromatic heterocycles. The van der Waals surface area contributed by atoms with Gasteiger partial charge in [0.25, 0.3) is 0 Å². The molecule has 0 fully saturated rings. The maximum atomic E-state index is 11.9. The Morgan fingerprint density at radius 1 is 1.12 bits per heavy atom. The first kappa shape index (κ1) is 20.5. The summed E-state index contributed by atoms with van der Waals surface area (Å²) in [5, 5.41) is 0. The summed E-state index contributed by atoms with van der Waals surface area (Å²) in [7, 11) is 6.20. The van der Waals surface area contributed by atoms with Crippen molar-refractivity contribution in [1.82, 2.24) is 0 Å². The van der Waals surface area contributed by atoms with Gasteiger partial charge in [-0.1, -0.05) is 0 Å². The fourth-order valence-corrected chi connectivity index (χ4v) is 3.38. The van der Waals surface area contributed by atoms with Gasteiger partial charge in [-0.3, -0.25) is 13.2 Å². The average Bonchev–Trinajstić information content (AvgIpc) is 2.12. The highest BCUT2D eigenvalue weighted by molar-refractivity contribution is 8.52. The van der Waals surface area contributed by atoms with Crippen molar-refractivity contribution in [1.29, 1.82) is 0 Å². The highest BCUT2D eigenvalue weighted by atomic mass is 127. The Hall–Kier alpha value is 1.15. The summed E-state index contributed by atoms with van der Waals surface area (Å²) < 4.78 is 28.1. The van der Waals surface area contributed by atoms with Gasteiger partial charge in [0.15, 0.2) is 0 Å². The first-order valence-electron chi connectivity index (χ1n) is 5.34. The first-order chi connectivity index (χ1) is 7.33. The Kier molecular flexibility index (Phi) is 12.0. The SMILES string of the molecule is CCOP(=O)(OCC)SOCC[N+](C)(C)C.[I-]. The number of rotatable bonds is 9. The van der Waals surface area contributed by atoms with Crippen LogP contribution in [0, 0.1) is 0 Å². The third-order valence-corrected chi connectivity index (χ3v) is 4.66. The van der Waals surface area contributed by atoms with Crippen LogP contribution >= 0.6 is 18.5 Å². The molecular weight excluding hydrogens is 376 g/mol. The summed E-state index contributed by atoms with van der Waals surface area (Å²) >= 11 is 0.815. The molecule has 0 aromatic rings. The smallest absolute Gasteiger partial charge is 0.415 e. The second kappa shape index (κ2) is 10.00. The molecule has 17 heavy (non-hydrogen) atoms. The second-order valence-corrected chi connectivity index (χ2v) is 7.78. The zero-order valence-electron chi connectivity index (χ0n) is 11.1. The highest BCUT2D eigenvalue weighted by Gasteiger charge is 2.26. The van der Waals surface area contributed by atoms with E-state index in [1.54, 1.807) is 13.8 Å². The van der Waals surface area contributed by atoms with Gasteiger partial charge in [0.1, 0.15) is 24.8 Å². The van der Waals surface area contributed by atoms with E-state index in [1.807, 2.05) is 0 Å². The van der Waals surface area contributed by atoms with Crippen LogP contribution in [0.25, 0.3) is 0 Å². The zero-order chi connectivity index (χ0) is 12.7. The number of likely N-dealkylation sites (N-methyl/N-ethyl adjacent to an activating group) is 1. The van der Waals surface area contributed by atoms with Crippen molar-refractivity contribution in [3.05, 3.63) is 0 Å². The van der Waals surface area contributed by atoms with Gasteiger partial charge in [-0.05, 0) is 13.8 Å². The minimum atomic E-state index is -3.11. The van der Waals surface area contributed by atoms with Crippen LogP contribution in [0.2, 0.25) is 0 Å². The molecule has 0 saturated carbocycles. The van der Waals surface area contributed by atoms with E-state index in [2.05, 4.69) is 21.1 Å². The average molecular weight is 399 g/mol. The maximum Gasteiger partial charge on any atom is 0.415 e. The molecule has 0 N–H and O–H groups in total. The third-order valence-electron chi connectivity index (χ3n) is 1.56. The molecule has 0 rings (SSSR count). The predicted octanol–water partition coefficient (Wildman–Crippen LogP) is -0.457. The molecule has 0 atom stereocenters. The van der Waals surface area contributed by atoms with Crippen molar-refractivity contribution < 1.29 is 46.3 Å². The molecule has 0 heterocycles. The number of hydrogen-bond acceptors (Lipinski definition) is 5. The fraction of sp³-hybridized carbons (Fsp3) is 1.00. The topological polar surface area (TPSA) is 44.8 Å². The fourth-order valence-electron chi connectivity index (χ4n) is 0.809. The predicted molar refractivity (Wildman–Crippen MR) is 67.3 cm³/mol. The van der Waals surface area contributed by atoms with E-state index in [0.29, 0.717) is 19.8 Å². The van der Waals surface area contributed by atoms with Crippen LogP contribution in [0.3, 0.4) is 0 Å². The Balaban J connectivity index is 0.